The molecule has 29 heavy (non-hydrogen) atoms. The van der Waals surface area contributed by atoms with Crippen molar-refractivity contribution in [2.24, 2.45) is 11.8 Å². The van der Waals surface area contributed by atoms with Gasteiger partial charge in [0, 0.05) is 57.4 Å². The number of alkyl halides is 3. The van der Waals surface area contributed by atoms with Gasteiger partial charge < -0.3 is 14.7 Å². The van der Waals surface area contributed by atoms with Gasteiger partial charge in [0.25, 0.3) is 0 Å². The molecule has 5 nitrogen and oxygen atoms in total. The highest BCUT2D eigenvalue weighted by Gasteiger charge is 2.44. The maximum absolute atomic E-state index is 12.7. The van der Waals surface area contributed by atoms with Crippen molar-refractivity contribution in [2.75, 3.05) is 46.3 Å². The van der Waals surface area contributed by atoms with Gasteiger partial charge in [-0.2, -0.15) is 0 Å². The van der Waals surface area contributed by atoms with Crippen LogP contribution in [-0.2, 0) is 6.54 Å². The molecule has 0 spiro atoms. The van der Waals surface area contributed by atoms with E-state index in [0.29, 0.717) is 23.9 Å². The Bertz CT molecular complexity index is 694. The number of benzene rings is 1. The van der Waals surface area contributed by atoms with E-state index in [9.17, 15) is 18.3 Å². The van der Waals surface area contributed by atoms with Crippen molar-refractivity contribution in [3.8, 4) is 5.75 Å². The van der Waals surface area contributed by atoms with Crippen molar-refractivity contribution in [1.29, 1.82) is 0 Å². The average molecular weight is 413 g/mol. The molecule has 1 aromatic rings. The summed E-state index contributed by atoms with van der Waals surface area (Å²) < 4.78 is 42.3. The Labute approximate surface area is 170 Å². The third-order valence-corrected chi connectivity index (χ3v) is 6.78. The van der Waals surface area contributed by atoms with Crippen LogP contribution in [0.4, 0.5) is 13.2 Å². The Hall–Kier alpha value is -1.35. The zero-order valence-electron chi connectivity index (χ0n) is 16.8. The Morgan fingerprint density at radius 3 is 2.38 bits per heavy atom. The number of fused-ring (bicyclic) bond motifs is 1. The summed E-state index contributed by atoms with van der Waals surface area (Å²) in [5.41, 5.74) is 0.555. The van der Waals surface area contributed by atoms with Gasteiger partial charge in [0.2, 0.25) is 0 Å². The van der Waals surface area contributed by atoms with Gasteiger partial charge in [0.05, 0.1) is 6.10 Å². The lowest BCUT2D eigenvalue weighted by Gasteiger charge is -2.44. The van der Waals surface area contributed by atoms with Crippen LogP contribution in [-0.4, -0.2) is 84.6 Å². The third-order valence-electron chi connectivity index (χ3n) is 6.78. The SMILES string of the molecule is CN1CCN([C@@H]2C[C@@H]3CN(Cc4ccccc4OC(F)(F)F)C[C@@H]3C[C@H]2O)CC1. The molecule has 162 valence electrons. The second-order valence-corrected chi connectivity index (χ2v) is 8.82. The molecule has 1 saturated carbocycles. The van der Waals surface area contributed by atoms with Gasteiger partial charge in [0.1, 0.15) is 5.75 Å². The standard InChI is InChI=1S/C21H30F3N3O2/c1-25-6-8-27(9-7-25)18-10-16-13-26(14-17(16)11-19(18)28)12-15-4-2-3-5-20(15)29-21(22,23)24/h2-5,16-19,28H,6-14H2,1H3/t16-,17+,18-,19-/m1/s1. The zero-order chi connectivity index (χ0) is 20.6. The second-order valence-electron chi connectivity index (χ2n) is 8.82. The van der Waals surface area contributed by atoms with E-state index >= 15 is 0 Å². The number of rotatable bonds is 4. The van der Waals surface area contributed by atoms with Crippen LogP contribution >= 0.6 is 0 Å². The van der Waals surface area contributed by atoms with Gasteiger partial charge in [-0.3, -0.25) is 9.80 Å². The maximum Gasteiger partial charge on any atom is 0.573 e. The number of para-hydroxylation sites is 1. The fraction of sp³-hybridized carbons (Fsp3) is 0.714. The lowest BCUT2D eigenvalue weighted by molar-refractivity contribution is -0.275. The number of hydrogen-bond donors (Lipinski definition) is 1. The molecule has 4 atom stereocenters. The van der Waals surface area contributed by atoms with Crippen LogP contribution in [0, 0.1) is 11.8 Å². The molecule has 1 N–H and O–H groups in total. The normalized spacial score (nSPS) is 32.3. The van der Waals surface area contributed by atoms with Crippen LogP contribution in [0.5, 0.6) is 5.75 Å². The Morgan fingerprint density at radius 2 is 1.69 bits per heavy atom. The minimum absolute atomic E-state index is 0.120. The third kappa shape index (κ3) is 5.05. The summed E-state index contributed by atoms with van der Waals surface area (Å²) in [6.45, 7) is 6.15. The summed E-state index contributed by atoms with van der Waals surface area (Å²) in [7, 11) is 2.12. The van der Waals surface area contributed by atoms with Crippen molar-refractivity contribution in [2.45, 2.75) is 37.9 Å². The second kappa shape index (κ2) is 8.41. The summed E-state index contributed by atoms with van der Waals surface area (Å²) in [6.07, 6.45) is -3.26. The summed E-state index contributed by atoms with van der Waals surface area (Å²) in [6, 6.07) is 6.58. The first-order chi connectivity index (χ1) is 13.8. The Morgan fingerprint density at radius 1 is 1.03 bits per heavy atom. The lowest BCUT2D eigenvalue weighted by atomic mass is 9.77. The quantitative estimate of drug-likeness (QED) is 0.821. The number of aliphatic hydroxyl groups is 1. The molecule has 2 heterocycles. The molecular formula is C21H30F3N3O2. The molecule has 2 aliphatic heterocycles. The fourth-order valence-corrected chi connectivity index (χ4v) is 5.28. The minimum atomic E-state index is -4.69. The molecule has 8 heteroatoms. The van der Waals surface area contributed by atoms with Crippen molar-refractivity contribution in [1.82, 2.24) is 14.7 Å². The van der Waals surface area contributed by atoms with Gasteiger partial charge in [-0.05, 0) is 37.8 Å². The van der Waals surface area contributed by atoms with Crippen LogP contribution in [0.25, 0.3) is 0 Å². The summed E-state index contributed by atoms with van der Waals surface area (Å²) >= 11 is 0. The Kier molecular flexibility index (Phi) is 6.06. The van der Waals surface area contributed by atoms with E-state index < -0.39 is 6.36 Å². The number of piperazine rings is 1. The van der Waals surface area contributed by atoms with E-state index in [0.717, 1.165) is 52.1 Å². The molecule has 1 aliphatic carbocycles. The number of hydrogen-bond acceptors (Lipinski definition) is 5. The largest absolute Gasteiger partial charge is 0.573 e. The monoisotopic (exact) mass is 413 g/mol. The summed E-state index contributed by atoms with van der Waals surface area (Å²) in [5, 5.41) is 10.8. The zero-order valence-corrected chi connectivity index (χ0v) is 16.8. The van der Waals surface area contributed by atoms with E-state index in [1.165, 1.54) is 6.07 Å². The molecule has 0 amide bonds. The van der Waals surface area contributed by atoms with Gasteiger partial charge in [-0.15, -0.1) is 13.2 Å². The molecule has 0 aromatic heterocycles. The van der Waals surface area contributed by atoms with E-state index in [1.54, 1.807) is 18.2 Å². The van der Waals surface area contributed by atoms with Crippen molar-refractivity contribution in [3.63, 3.8) is 0 Å². The number of nitrogens with zero attached hydrogens (tertiary/aromatic N) is 3. The van der Waals surface area contributed by atoms with Crippen LogP contribution in [0.15, 0.2) is 24.3 Å². The van der Waals surface area contributed by atoms with Gasteiger partial charge in [-0.1, -0.05) is 18.2 Å². The molecule has 1 aromatic carbocycles. The highest BCUT2D eigenvalue weighted by Crippen LogP contribution is 2.39. The van der Waals surface area contributed by atoms with E-state index in [-0.39, 0.29) is 17.9 Å². The van der Waals surface area contributed by atoms with Crippen LogP contribution in [0.3, 0.4) is 0 Å². The topological polar surface area (TPSA) is 39.2 Å². The van der Waals surface area contributed by atoms with Crippen LogP contribution in [0.2, 0.25) is 0 Å². The van der Waals surface area contributed by atoms with Crippen LogP contribution in [0.1, 0.15) is 18.4 Å². The number of ether oxygens (including phenoxy) is 1. The first kappa shape index (κ1) is 20.9. The predicted octanol–water partition coefficient (Wildman–Crippen LogP) is 2.40. The molecule has 0 bridgehead atoms. The smallest absolute Gasteiger partial charge is 0.405 e. The first-order valence-electron chi connectivity index (χ1n) is 10.4. The molecule has 3 fully saturated rings. The minimum Gasteiger partial charge on any atom is -0.405 e. The van der Waals surface area contributed by atoms with E-state index in [2.05, 4.69) is 26.5 Å². The van der Waals surface area contributed by atoms with Gasteiger partial charge in [0.15, 0.2) is 0 Å². The van der Waals surface area contributed by atoms with Crippen molar-refractivity contribution < 1.29 is 23.0 Å². The number of halogens is 3. The molecule has 3 aliphatic rings. The number of aliphatic hydroxyl groups excluding tert-OH is 1. The first-order valence-corrected chi connectivity index (χ1v) is 10.4. The van der Waals surface area contributed by atoms with E-state index in [4.69, 9.17) is 0 Å². The van der Waals surface area contributed by atoms with E-state index in [1.807, 2.05) is 0 Å². The average Bonchev–Trinajstić information content (AvgIpc) is 3.03. The maximum atomic E-state index is 12.7. The molecule has 4 rings (SSSR count). The predicted molar refractivity (Wildman–Crippen MR) is 103 cm³/mol. The number of likely N-dealkylation sites (N-methyl/N-ethyl adjacent to an activating group) is 1. The number of likely N-dealkylation sites (tertiary alicyclic amines) is 1. The van der Waals surface area contributed by atoms with Crippen molar-refractivity contribution in [3.05, 3.63) is 29.8 Å². The fourth-order valence-electron chi connectivity index (χ4n) is 5.28. The lowest BCUT2D eigenvalue weighted by Crippen LogP contribution is -2.55. The van der Waals surface area contributed by atoms with Crippen molar-refractivity contribution >= 4 is 0 Å². The summed E-state index contributed by atoms with van der Waals surface area (Å²) in [5.74, 6) is 0.772. The highest BCUT2D eigenvalue weighted by molar-refractivity contribution is 5.33. The molecular weight excluding hydrogens is 383 g/mol. The summed E-state index contributed by atoms with van der Waals surface area (Å²) in [4.78, 5) is 6.95. The van der Waals surface area contributed by atoms with Crippen LogP contribution < -0.4 is 4.74 Å². The Balaban J connectivity index is 1.38. The van der Waals surface area contributed by atoms with Gasteiger partial charge >= 0.3 is 6.36 Å². The molecule has 0 radical (unpaired) electrons. The highest BCUT2D eigenvalue weighted by atomic mass is 19.4. The van der Waals surface area contributed by atoms with Gasteiger partial charge in [-0.25, -0.2) is 0 Å². The molecule has 0 unspecified atom stereocenters. The molecule has 2 saturated heterocycles.